The zero-order chi connectivity index (χ0) is 11.4. The van der Waals surface area contributed by atoms with Crippen LogP contribution in [0.3, 0.4) is 0 Å². The van der Waals surface area contributed by atoms with Gasteiger partial charge in [-0.1, -0.05) is 0 Å². The third-order valence-electron chi connectivity index (χ3n) is 2.85. The van der Waals surface area contributed by atoms with Gasteiger partial charge in [-0.25, -0.2) is 0 Å². The first kappa shape index (κ1) is 17.2. The zero-order valence-electron chi connectivity index (χ0n) is 10.3. The third-order valence-corrected chi connectivity index (χ3v) is 2.85. The number of hydrogen-bond acceptors (Lipinski definition) is 3. The van der Waals surface area contributed by atoms with E-state index in [1.165, 1.54) is 0 Å². The zero-order valence-corrected chi connectivity index (χ0v) is 11.9. The highest BCUT2D eigenvalue weighted by atomic mass is 35.5. The molecule has 0 bridgehead atoms. The molecule has 1 saturated heterocycles. The predicted molar refractivity (Wildman–Crippen MR) is 76.8 cm³/mol. The quantitative estimate of drug-likeness (QED) is 0.872. The molecule has 1 aliphatic rings. The molecule has 1 aromatic rings. The number of nitrogens with one attached hydrogen (secondary N) is 2. The molecule has 0 unspecified atom stereocenters. The summed E-state index contributed by atoms with van der Waals surface area (Å²) in [5.74, 6) is -0.0144. The average molecular weight is 292 g/mol. The number of nitrogens with zero attached hydrogens (tertiary/aromatic N) is 1. The lowest BCUT2D eigenvalue weighted by Gasteiger charge is -2.23. The largest absolute Gasteiger partial charge is 0.349 e. The number of piperidine rings is 1. The molecular weight excluding hydrogens is 273 g/mol. The number of rotatable bonds is 2. The number of halogens is 2. The summed E-state index contributed by atoms with van der Waals surface area (Å²) in [7, 11) is 0. The molecule has 0 atom stereocenters. The summed E-state index contributed by atoms with van der Waals surface area (Å²) in [4.78, 5) is 16.0. The van der Waals surface area contributed by atoms with Crippen molar-refractivity contribution < 1.29 is 4.79 Å². The molecule has 18 heavy (non-hydrogen) atoms. The Labute approximate surface area is 120 Å². The van der Waals surface area contributed by atoms with Gasteiger partial charge in [0.25, 0.3) is 5.91 Å². The molecule has 2 heterocycles. The van der Waals surface area contributed by atoms with Crippen LogP contribution >= 0.6 is 24.8 Å². The number of aromatic nitrogens is 1. The van der Waals surface area contributed by atoms with Crippen LogP contribution in [0.2, 0.25) is 0 Å². The lowest BCUT2D eigenvalue weighted by molar-refractivity contribution is 0.0929. The van der Waals surface area contributed by atoms with Crippen LogP contribution in [0.25, 0.3) is 0 Å². The van der Waals surface area contributed by atoms with E-state index >= 15 is 0 Å². The van der Waals surface area contributed by atoms with Crippen molar-refractivity contribution in [2.45, 2.75) is 25.8 Å². The van der Waals surface area contributed by atoms with Crippen LogP contribution in [-0.2, 0) is 0 Å². The molecule has 102 valence electrons. The van der Waals surface area contributed by atoms with Crippen LogP contribution in [-0.4, -0.2) is 30.0 Å². The Kier molecular flexibility index (Phi) is 7.91. The molecule has 1 aromatic heterocycles. The Bertz CT molecular complexity index is 364. The fraction of sp³-hybridized carbons (Fsp3) is 0.500. The summed E-state index contributed by atoms with van der Waals surface area (Å²) in [6.45, 7) is 3.88. The van der Waals surface area contributed by atoms with Crippen molar-refractivity contribution in [3.05, 3.63) is 29.6 Å². The van der Waals surface area contributed by atoms with Crippen LogP contribution in [0.1, 0.15) is 28.9 Å². The first-order valence-corrected chi connectivity index (χ1v) is 5.70. The second-order valence-corrected chi connectivity index (χ2v) is 4.19. The maximum Gasteiger partial charge on any atom is 0.253 e. The van der Waals surface area contributed by atoms with Crippen molar-refractivity contribution in [1.82, 2.24) is 15.6 Å². The number of carbonyl (C=O) groups excluding carboxylic acids is 1. The number of carbonyl (C=O) groups is 1. The second-order valence-electron chi connectivity index (χ2n) is 4.19. The van der Waals surface area contributed by atoms with E-state index in [4.69, 9.17) is 0 Å². The van der Waals surface area contributed by atoms with Gasteiger partial charge in [0, 0.05) is 17.9 Å². The third kappa shape index (κ3) is 4.80. The van der Waals surface area contributed by atoms with Crippen molar-refractivity contribution in [2.24, 2.45) is 0 Å². The normalized spacial score (nSPS) is 15.2. The van der Waals surface area contributed by atoms with Gasteiger partial charge in [-0.05, 0) is 45.0 Å². The summed E-state index contributed by atoms with van der Waals surface area (Å²) in [6, 6.07) is 3.98. The molecule has 1 amide bonds. The van der Waals surface area contributed by atoms with E-state index in [1.807, 2.05) is 19.1 Å². The molecule has 2 N–H and O–H groups in total. The van der Waals surface area contributed by atoms with Gasteiger partial charge in [-0.3, -0.25) is 9.78 Å². The fourth-order valence-electron chi connectivity index (χ4n) is 1.84. The number of hydrogen-bond donors (Lipinski definition) is 2. The van der Waals surface area contributed by atoms with Gasteiger partial charge in [0.1, 0.15) is 0 Å². The summed E-state index contributed by atoms with van der Waals surface area (Å²) in [5, 5.41) is 6.31. The van der Waals surface area contributed by atoms with Gasteiger partial charge in [0.05, 0.1) is 5.56 Å². The van der Waals surface area contributed by atoms with Crippen molar-refractivity contribution in [2.75, 3.05) is 13.1 Å². The van der Waals surface area contributed by atoms with Crippen LogP contribution in [0.4, 0.5) is 0 Å². The molecule has 1 aliphatic heterocycles. The Morgan fingerprint density at radius 1 is 1.33 bits per heavy atom. The highest BCUT2D eigenvalue weighted by Gasteiger charge is 2.16. The van der Waals surface area contributed by atoms with Gasteiger partial charge in [0.15, 0.2) is 0 Å². The van der Waals surface area contributed by atoms with Gasteiger partial charge in [-0.2, -0.15) is 0 Å². The Hall–Kier alpha value is -0.840. The monoisotopic (exact) mass is 291 g/mol. The molecule has 2 rings (SSSR count). The van der Waals surface area contributed by atoms with Crippen LogP contribution in [0.15, 0.2) is 18.3 Å². The summed E-state index contributed by atoms with van der Waals surface area (Å²) in [5.41, 5.74) is 1.57. The summed E-state index contributed by atoms with van der Waals surface area (Å²) in [6.07, 6.45) is 3.64. The second kappa shape index (κ2) is 8.29. The fourth-order valence-corrected chi connectivity index (χ4v) is 1.84. The van der Waals surface area contributed by atoms with Crippen molar-refractivity contribution >= 4 is 30.7 Å². The van der Waals surface area contributed by atoms with Crippen LogP contribution in [0, 0.1) is 6.92 Å². The standard InChI is InChI=1S/C12H17N3O.2ClH/c1-9-2-3-10(8-14-9)12(16)15-11-4-6-13-7-5-11;;/h2-3,8,11,13H,4-7H2,1H3,(H,15,16);2*1H. The minimum Gasteiger partial charge on any atom is -0.349 e. The van der Waals surface area contributed by atoms with Gasteiger partial charge >= 0.3 is 0 Å². The summed E-state index contributed by atoms with van der Waals surface area (Å²) >= 11 is 0. The molecule has 1 fully saturated rings. The number of amides is 1. The number of pyridine rings is 1. The van der Waals surface area contributed by atoms with E-state index in [-0.39, 0.29) is 30.7 Å². The van der Waals surface area contributed by atoms with Crippen molar-refractivity contribution in [3.8, 4) is 0 Å². The molecule has 0 aromatic carbocycles. The molecule has 6 heteroatoms. The lowest BCUT2D eigenvalue weighted by atomic mass is 10.1. The number of aryl methyl sites for hydroxylation is 1. The van der Waals surface area contributed by atoms with Crippen molar-refractivity contribution in [3.63, 3.8) is 0 Å². The van der Waals surface area contributed by atoms with Gasteiger partial charge in [0.2, 0.25) is 0 Å². The maximum atomic E-state index is 11.9. The first-order valence-electron chi connectivity index (χ1n) is 5.70. The molecule has 0 aliphatic carbocycles. The van der Waals surface area contributed by atoms with Gasteiger partial charge < -0.3 is 10.6 Å². The Morgan fingerprint density at radius 3 is 2.56 bits per heavy atom. The minimum absolute atomic E-state index is 0. The molecule has 0 radical (unpaired) electrons. The highest BCUT2D eigenvalue weighted by molar-refractivity contribution is 5.94. The Morgan fingerprint density at radius 2 is 2.00 bits per heavy atom. The van der Waals surface area contributed by atoms with Gasteiger partial charge in [-0.15, -0.1) is 24.8 Å². The van der Waals surface area contributed by atoms with Crippen LogP contribution < -0.4 is 10.6 Å². The Balaban J connectivity index is 0.00000144. The minimum atomic E-state index is -0.0144. The van der Waals surface area contributed by atoms with E-state index in [0.717, 1.165) is 31.6 Å². The van der Waals surface area contributed by atoms with E-state index < -0.39 is 0 Å². The topological polar surface area (TPSA) is 54.0 Å². The van der Waals surface area contributed by atoms with E-state index in [1.54, 1.807) is 6.20 Å². The van der Waals surface area contributed by atoms with E-state index in [9.17, 15) is 4.79 Å². The molecule has 0 saturated carbocycles. The average Bonchev–Trinajstić information content (AvgIpc) is 2.31. The smallest absolute Gasteiger partial charge is 0.253 e. The molecule has 0 spiro atoms. The van der Waals surface area contributed by atoms with E-state index in [2.05, 4.69) is 15.6 Å². The molecule has 4 nitrogen and oxygen atoms in total. The first-order chi connectivity index (χ1) is 7.75. The molecular formula is C12H19Cl2N3O. The predicted octanol–water partition coefficient (Wildman–Crippen LogP) is 1.72. The van der Waals surface area contributed by atoms with Crippen molar-refractivity contribution in [1.29, 1.82) is 0 Å². The lowest BCUT2D eigenvalue weighted by Crippen LogP contribution is -2.42. The van der Waals surface area contributed by atoms with Crippen LogP contribution in [0.5, 0.6) is 0 Å². The SMILES string of the molecule is Cc1ccc(C(=O)NC2CCNCC2)cn1.Cl.Cl. The highest BCUT2D eigenvalue weighted by Crippen LogP contribution is 2.05. The summed E-state index contributed by atoms with van der Waals surface area (Å²) < 4.78 is 0. The maximum absolute atomic E-state index is 11.9. The van der Waals surface area contributed by atoms with E-state index in [0.29, 0.717) is 11.6 Å².